The second kappa shape index (κ2) is 7.75. The maximum absolute atomic E-state index is 11.8. The molecule has 1 unspecified atom stereocenters. The minimum absolute atomic E-state index is 0.0218. The van der Waals surface area contributed by atoms with Crippen molar-refractivity contribution in [1.82, 2.24) is 5.32 Å². The molecule has 1 atom stereocenters. The summed E-state index contributed by atoms with van der Waals surface area (Å²) in [6.07, 6.45) is 1.67. The van der Waals surface area contributed by atoms with Crippen molar-refractivity contribution in [2.24, 2.45) is 0 Å². The molecule has 0 aliphatic carbocycles. The van der Waals surface area contributed by atoms with Crippen molar-refractivity contribution in [3.05, 3.63) is 34.8 Å². The molecule has 0 aromatic heterocycles. The van der Waals surface area contributed by atoms with Gasteiger partial charge in [-0.15, -0.1) is 18.3 Å². The molecule has 1 aromatic rings. The molecular weight excluding hydrogens is 354 g/mol. The lowest BCUT2D eigenvalue weighted by atomic mass is 10.2. The molecule has 0 saturated heterocycles. The number of nitrogens with one attached hydrogen (secondary N) is 1. The van der Waals surface area contributed by atoms with Gasteiger partial charge in [0.15, 0.2) is 11.5 Å². The van der Waals surface area contributed by atoms with Gasteiger partial charge in [-0.1, -0.05) is 22.0 Å². The first-order valence-corrected chi connectivity index (χ1v) is 8.54. The third-order valence-electron chi connectivity index (χ3n) is 2.99. The van der Waals surface area contributed by atoms with Gasteiger partial charge in [0, 0.05) is 16.8 Å². The van der Waals surface area contributed by atoms with Crippen LogP contribution in [0, 0.1) is 0 Å². The molecular formula is C15H18BrNO3S. The number of fused-ring (bicyclic) bond motifs is 1. The van der Waals surface area contributed by atoms with E-state index in [2.05, 4.69) is 27.8 Å². The average molecular weight is 372 g/mol. The van der Waals surface area contributed by atoms with Crippen molar-refractivity contribution in [2.75, 3.05) is 19.8 Å². The number of benzene rings is 1. The van der Waals surface area contributed by atoms with Crippen molar-refractivity contribution < 1.29 is 14.3 Å². The first kappa shape index (κ1) is 16.2. The highest BCUT2D eigenvalue weighted by Crippen LogP contribution is 2.37. The molecule has 21 heavy (non-hydrogen) atoms. The minimum Gasteiger partial charge on any atom is -0.486 e. The lowest BCUT2D eigenvalue weighted by Crippen LogP contribution is -2.30. The number of amides is 1. The van der Waals surface area contributed by atoms with Crippen LogP contribution in [0.15, 0.2) is 29.3 Å². The van der Waals surface area contributed by atoms with Crippen molar-refractivity contribution >= 4 is 33.6 Å². The summed E-state index contributed by atoms with van der Waals surface area (Å²) < 4.78 is 12.1. The largest absolute Gasteiger partial charge is 0.486 e. The normalized spacial score (nSPS) is 14.4. The van der Waals surface area contributed by atoms with E-state index < -0.39 is 0 Å². The molecule has 1 aliphatic rings. The molecule has 2 rings (SSSR count). The zero-order chi connectivity index (χ0) is 15.2. The maximum Gasteiger partial charge on any atom is 0.233 e. The van der Waals surface area contributed by atoms with Gasteiger partial charge in [-0.25, -0.2) is 0 Å². The van der Waals surface area contributed by atoms with Gasteiger partial charge in [0.05, 0.1) is 5.25 Å². The Hall–Kier alpha value is -1.14. The number of hydrogen-bond donors (Lipinski definition) is 1. The Kier molecular flexibility index (Phi) is 5.99. The van der Waals surface area contributed by atoms with Crippen LogP contribution >= 0.6 is 27.7 Å². The van der Waals surface area contributed by atoms with Crippen LogP contribution in [0.1, 0.15) is 12.5 Å². The van der Waals surface area contributed by atoms with Crippen LogP contribution < -0.4 is 14.8 Å². The van der Waals surface area contributed by atoms with E-state index in [1.165, 1.54) is 0 Å². The third kappa shape index (κ3) is 4.41. The summed E-state index contributed by atoms with van der Waals surface area (Å²) in [5, 5.41) is 2.68. The summed E-state index contributed by atoms with van der Waals surface area (Å²) >= 11 is 5.12. The van der Waals surface area contributed by atoms with E-state index in [9.17, 15) is 4.79 Å². The summed E-state index contributed by atoms with van der Waals surface area (Å²) in [5.41, 5.74) is 1.09. The summed E-state index contributed by atoms with van der Waals surface area (Å²) in [6.45, 7) is 7.13. The van der Waals surface area contributed by atoms with E-state index in [1.807, 2.05) is 19.1 Å². The second-order valence-corrected chi connectivity index (χ2v) is 6.76. The lowest BCUT2D eigenvalue weighted by molar-refractivity contribution is -0.120. The number of rotatable bonds is 6. The van der Waals surface area contributed by atoms with E-state index in [-0.39, 0.29) is 11.2 Å². The molecule has 1 heterocycles. The third-order valence-corrected chi connectivity index (χ3v) is 4.92. The maximum atomic E-state index is 11.8. The Labute approximate surface area is 137 Å². The van der Waals surface area contributed by atoms with Gasteiger partial charge in [0.25, 0.3) is 0 Å². The standard InChI is InChI=1S/C15H18BrNO3S/c1-3-4-17-15(18)10(2)21-9-11-7-13-14(8-12(11)16)20-6-5-19-13/h3,7-8,10H,1,4-6,9H2,2H3,(H,17,18). The lowest BCUT2D eigenvalue weighted by Gasteiger charge is -2.20. The predicted octanol–water partition coefficient (Wildman–Crippen LogP) is 3.14. The van der Waals surface area contributed by atoms with Crippen molar-refractivity contribution in [1.29, 1.82) is 0 Å². The number of thioether (sulfide) groups is 1. The minimum atomic E-state index is -0.120. The molecule has 1 aliphatic heterocycles. The van der Waals surface area contributed by atoms with Gasteiger partial charge >= 0.3 is 0 Å². The van der Waals surface area contributed by atoms with Crippen LogP contribution in [-0.2, 0) is 10.5 Å². The fourth-order valence-corrected chi connectivity index (χ4v) is 3.37. The Bertz CT molecular complexity index is 536. The Balaban J connectivity index is 1.96. The fraction of sp³-hybridized carbons (Fsp3) is 0.400. The zero-order valence-corrected chi connectivity index (χ0v) is 14.3. The summed E-state index contributed by atoms with van der Waals surface area (Å²) in [6, 6.07) is 3.90. The van der Waals surface area contributed by atoms with E-state index in [0.29, 0.717) is 19.8 Å². The molecule has 1 aromatic carbocycles. The number of carbonyl (C=O) groups is 1. The number of ether oxygens (including phenoxy) is 2. The Morgan fingerprint density at radius 2 is 2.14 bits per heavy atom. The first-order valence-electron chi connectivity index (χ1n) is 6.70. The topological polar surface area (TPSA) is 47.6 Å². The highest BCUT2D eigenvalue weighted by Gasteiger charge is 2.17. The number of carbonyl (C=O) groups excluding carboxylic acids is 1. The van der Waals surface area contributed by atoms with Gasteiger partial charge in [-0.3, -0.25) is 4.79 Å². The molecule has 0 fully saturated rings. The zero-order valence-electron chi connectivity index (χ0n) is 11.9. The fourth-order valence-electron chi connectivity index (χ4n) is 1.82. The van der Waals surface area contributed by atoms with Crippen LogP contribution in [-0.4, -0.2) is 30.9 Å². The number of hydrogen-bond acceptors (Lipinski definition) is 4. The van der Waals surface area contributed by atoms with Crippen LogP contribution in [0.4, 0.5) is 0 Å². The summed E-state index contributed by atoms with van der Waals surface area (Å²) in [4.78, 5) is 11.8. The smallest absolute Gasteiger partial charge is 0.233 e. The predicted molar refractivity (Wildman–Crippen MR) is 89.1 cm³/mol. The molecule has 0 bridgehead atoms. The first-order chi connectivity index (χ1) is 10.1. The van der Waals surface area contributed by atoms with Gasteiger partial charge in [-0.05, 0) is 24.6 Å². The van der Waals surface area contributed by atoms with Crippen LogP contribution in [0.5, 0.6) is 11.5 Å². The molecule has 0 spiro atoms. The summed E-state index contributed by atoms with van der Waals surface area (Å²) in [5.74, 6) is 2.27. The SMILES string of the molecule is C=CCNC(=O)C(C)SCc1cc2c(cc1Br)OCCO2. The van der Waals surface area contributed by atoms with Crippen molar-refractivity contribution in [2.45, 2.75) is 17.9 Å². The summed E-state index contributed by atoms with van der Waals surface area (Å²) in [7, 11) is 0. The average Bonchev–Trinajstić information content (AvgIpc) is 2.50. The van der Waals surface area contributed by atoms with E-state index >= 15 is 0 Å². The van der Waals surface area contributed by atoms with Crippen LogP contribution in [0.25, 0.3) is 0 Å². The van der Waals surface area contributed by atoms with Crippen molar-refractivity contribution in [3.63, 3.8) is 0 Å². The van der Waals surface area contributed by atoms with Gasteiger partial charge < -0.3 is 14.8 Å². The highest BCUT2D eigenvalue weighted by atomic mass is 79.9. The van der Waals surface area contributed by atoms with E-state index in [4.69, 9.17) is 9.47 Å². The van der Waals surface area contributed by atoms with Gasteiger partial charge in [0.1, 0.15) is 13.2 Å². The molecule has 4 nitrogen and oxygen atoms in total. The molecule has 0 saturated carbocycles. The Morgan fingerprint density at radius 1 is 1.48 bits per heavy atom. The van der Waals surface area contributed by atoms with Gasteiger partial charge in [0.2, 0.25) is 5.91 Å². The van der Waals surface area contributed by atoms with Crippen LogP contribution in [0.2, 0.25) is 0 Å². The molecule has 1 amide bonds. The molecule has 0 radical (unpaired) electrons. The van der Waals surface area contributed by atoms with Crippen molar-refractivity contribution in [3.8, 4) is 11.5 Å². The van der Waals surface area contributed by atoms with E-state index in [0.717, 1.165) is 27.3 Å². The monoisotopic (exact) mass is 371 g/mol. The van der Waals surface area contributed by atoms with Crippen LogP contribution in [0.3, 0.4) is 0 Å². The Morgan fingerprint density at radius 3 is 2.81 bits per heavy atom. The quantitative estimate of drug-likeness (QED) is 0.780. The molecule has 6 heteroatoms. The van der Waals surface area contributed by atoms with E-state index in [1.54, 1.807) is 17.8 Å². The number of halogens is 1. The molecule has 114 valence electrons. The highest BCUT2D eigenvalue weighted by molar-refractivity contribution is 9.10. The van der Waals surface area contributed by atoms with Gasteiger partial charge in [-0.2, -0.15) is 0 Å². The second-order valence-electron chi connectivity index (χ2n) is 4.57. The molecule has 1 N–H and O–H groups in total.